The molecule has 7 nitrogen and oxygen atoms in total. The molecule has 2 N–H and O–H groups in total. The number of anilines is 2. The molecule has 1 aromatic heterocycles. The smallest absolute Gasteiger partial charge is 0.337 e. The van der Waals surface area contributed by atoms with E-state index in [0.29, 0.717) is 28.5 Å². The van der Waals surface area contributed by atoms with Gasteiger partial charge in [-0.15, -0.1) is 0 Å². The Morgan fingerprint density at radius 3 is 2.69 bits per heavy atom. The number of methoxy groups -OCH3 is 1. The van der Waals surface area contributed by atoms with Crippen LogP contribution in [0.1, 0.15) is 20.8 Å². The van der Waals surface area contributed by atoms with Crippen molar-refractivity contribution >= 4 is 34.9 Å². The largest absolute Gasteiger partial charge is 0.465 e. The number of nitrogens with zero attached hydrogens (tertiary/aromatic N) is 2. The molecule has 0 bridgehead atoms. The molecule has 0 unspecified atom stereocenters. The van der Waals surface area contributed by atoms with E-state index in [9.17, 15) is 9.59 Å². The quantitative estimate of drug-likeness (QED) is 0.722. The monoisotopic (exact) mass is 376 g/mol. The predicted molar refractivity (Wildman–Crippen MR) is 101 cm³/mol. The summed E-state index contributed by atoms with van der Waals surface area (Å²) in [4.78, 5) is 29.9. The minimum Gasteiger partial charge on any atom is -0.465 e. The number of carbonyl (C=O) groups excluding carboxylic acids is 2. The zero-order valence-corrected chi connectivity index (χ0v) is 15.6. The number of benzene rings is 1. The van der Waals surface area contributed by atoms with Crippen LogP contribution in [0.4, 0.5) is 11.4 Å². The van der Waals surface area contributed by atoms with E-state index < -0.39 is 5.97 Å². The fourth-order valence-electron chi connectivity index (χ4n) is 2.14. The maximum absolute atomic E-state index is 12.2. The van der Waals surface area contributed by atoms with Crippen LogP contribution in [0.15, 0.2) is 36.5 Å². The van der Waals surface area contributed by atoms with Crippen LogP contribution in [0.25, 0.3) is 0 Å². The lowest BCUT2D eigenvalue weighted by Gasteiger charge is -2.12. The number of hydrogen-bond donors (Lipinski definition) is 2. The minimum absolute atomic E-state index is 0.259. The number of rotatable bonds is 7. The van der Waals surface area contributed by atoms with Crippen molar-refractivity contribution in [3.05, 3.63) is 52.8 Å². The van der Waals surface area contributed by atoms with Crippen LogP contribution in [0, 0.1) is 0 Å². The summed E-state index contributed by atoms with van der Waals surface area (Å²) in [7, 11) is 5.18. The normalized spacial score (nSPS) is 10.5. The molecule has 0 radical (unpaired) electrons. The van der Waals surface area contributed by atoms with Crippen molar-refractivity contribution in [1.82, 2.24) is 15.2 Å². The Kier molecular flexibility index (Phi) is 6.94. The molecule has 2 rings (SSSR count). The summed E-state index contributed by atoms with van der Waals surface area (Å²) in [6.45, 7) is 1.26. The summed E-state index contributed by atoms with van der Waals surface area (Å²) < 4.78 is 4.71. The standard InChI is InChI=1S/C18H21ClN4O3/c1-23(2)9-8-21-17(24)16-11-13(6-7-20-16)22-15-10-12(18(25)26-3)4-5-14(15)19/h4-7,10-11H,8-9H2,1-3H3,(H,20,22)(H,21,24). The third kappa shape index (κ3) is 5.44. The van der Waals surface area contributed by atoms with E-state index >= 15 is 0 Å². The van der Waals surface area contributed by atoms with E-state index in [4.69, 9.17) is 16.3 Å². The number of carbonyl (C=O) groups is 2. The summed E-state index contributed by atoms with van der Waals surface area (Å²) in [5.74, 6) is -0.717. The van der Waals surface area contributed by atoms with Crippen molar-refractivity contribution in [1.29, 1.82) is 0 Å². The average Bonchev–Trinajstić information content (AvgIpc) is 2.62. The fraction of sp³-hybridized carbons (Fsp3) is 0.278. The SMILES string of the molecule is COC(=O)c1ccc(Cl)c(Nc2ccnc(C(=O)NCCN(C)C)c2)c1. The van der Waals surface area contributed by atoms with E-state index in [-0.39, 0.29) is 11.6 Å². The highest BCUT2D eigenvalue weighted by atomic mass is 35.5. The van der Waals surface area contributed by atoms with Gasteiger partial charge in [0.2, 0.25) is 0 Å². The molecule has 8 heteroatoms. The molecule has 0 fully saturated rings. The van der Waals surface area contributed by atoms with Crippen molar-refractivity contribution in [2.24, 2.45) is 0 Å². The first-order chi connectivity index (χ1) is 12.4. The predicted octanol–water partition coefficient (Wildman–Crippen LogP) is 2.56. The first-order valence-corrected chi connectivity index (χ1v) is 8.32. The lowest BCUT2D eigenvalue weighted by molar-refractivity contribution is 0.0600. The van der Waals surface area contributed by atoms with Gasteiger partial charge in [0.25, 0.3) is 5.91 Å². The Morgan fingerprint density at radius 2 is 2.00 bits per heavy atom. The maximum Gasteiger partial charge on any atom is 0.337 e. The van der Waals surface area contributed by atoms with Crippen LogP contribution >= 0.6 is 11.6 Å². The number of pyridine rings is 1. The van der Waals surface area contributed by atoms with E-state index in [1.165, 1.54) is 13.3 Å². The van der Waals surface area contributed by atoms with Gasteiger partial charge in [-0.05, 0) is 44.4 Å². The van der Waals surface area contributed by atoms with Crippen LogP contribution < -0.4 is 10.6 Å². The van der Waals surface area contributed by atoms with Gasteiger partial charge < -0.3 is 20.3 Å². The van der Waals surface area contributed by atoms with Gasteiger partial charge >= 0.3 is 5.97 Å². The van der Waals surface area contributed by atoms with Gasteiger partial charge in [0.05, 0.1) is 23.4 Å². The molecule has 2 aromatic rings. The Morgan fingerprint density at radius 1 is 1.23 bits per heavy atom. The summed E-state index contributed by atoms with van der Waals surface area (Å²) in [6.07, 6.45) is 1.53. The molecule has 0 aliphatic carbocycles. The zero-order valence-electron chi connectivity index (χ0n) is 14.9. The van der Waals surface area contributed by atoms with Crippen molar-refractivity contribution in [2.75, 3.05) is 39.6 Å². The van der Waals surface area contributed by atoms with Gasteiger partial charge in [0, 0.05) is 25.0 Å². The Bertz CT molecular complexity index is 796. The molecule has 1 amide bonds. The first-order valence-electron chi connectivity index (χ1n) is 7.94. The molecule has 138 valence electrons. The molecular formula is C18H21ClN4O3. The number of ether oxygens (including phenoxy) is 1. The third-order valence-corrected chi connectivity index (χ3v) is 3.83. The minimum atomic E-state index is -0.458. The van der Waals surface area contributed by atoms with E-state index in [2.05, 4.69) is 15.6 Å². The second-order valence-corrected chi connectivity index (χ2v) is 6.21. The second kappa shape index (κ2) is 9.17. The maximum atomic E-state index is 12.2. The van der Waals surface area contributed by atoms with Crippen LogP contribution in [0.5, 0.6) is 0 Å². The van der Waals surface area contributed by atoms with Crippen LogP contribution in [-0.2, 0) is 4.74 Å². The molecule has 0 saturated heterocycles. The number of amides is 1. The Labute approximate surface area is 157 Å². The van der Waals surface area contributed by atoms with Crippen LogP contribution in [-0.4, -0.2) is 56.1 Å². The number of aromatic nitrogens is 1. The second-order valence-electron chi connectivity index (χ2n) is 5.80. The van der Waals surface area contributed by atoms with Crippen LogP contribution in [0.2, 0.25) is 5.02 Å². The number of nitrogens with one attached hydrogen (secondary N) is 2. The number of likely N-dealkylation sites (N-methyl/N-ethyl adjacent to an activating group) is 1. The average molecular weight is 377 g/mol. The van der Waals surface area contributed by atoms with Gasteiger partial charge in [-0.1, -0.05) is 11.6 Å². The molecule has 0 aliphatic heterocycles. The molecular weight excluding hydrogens is 356 g/mol. The highest BCUT2D eigenvalue weighted by Gasteiger charge is 2.11. The summed E-state index contributed by atoms with van der Waals surface area (Å²) in [5.41, 5.74) is 1.81. The van der Waals surface area contributed by atoms with Crippen molar-refractivity contribution < 1.29 is 14.3 Å². The van der Waals surface area contributed by atoms with Crippen molar-refractivity contribution in [3.63, 3.8) is 0 Å². The van der Waals surface area contributed by atoms with Gasteiger partial charge in [0.1, 0.15) is 5.69 Å². The molecule has 1 aromatic carbocycles. The number of esters is 1. The fourth-order valence-corrected chi connectivity index (χ4v) is 2.30. The molecule has 1 heterocycles. The Balaban J connectivity index is 2.13. The molecule has 0 saturated carbocycles. The van der Waals surface area contributed by atoms with E-state index in [1.807, 2.05) is 19.0 Å². The number of halogens is 1. The highest BCUT2D eigenvalue weighted by molar-refractivity contribution is 6.33. The van der Waals surface area contributed by atoms with E-state index in [1.54, 1.807) is 30.3 Å². The van der Waals surface area contributed by atoms with Gasteiger partial charge in [-0.2, -0.15) is 0 Å². The third-order valence-electron chi connectivity index (χ3n) is 3.50. The van der Waals surface area contributed by atoms with Crippen molar-refractivity contribution in [3.8, 4) is 0 Å². The lowest BCUT2D eigenvalue weighted by Crippen LogP contribution is -2.31. The molecule has 0 atom stereocenters. The van der Waals surface area contributed by atoms with Gasteiger partial charge in [-0.3, -0.25) is 9.78 Å². The molecule has 0 aliphatic rings. The topological polar surface area (TPSA) is 83.6 Å². The Hall–Kier alpha value is -2.64. The summed E-state index contributed by atoms with van der Waals surface area (Å²) >= 11 is 6.18. The molecule has 26 heavy (non-hydrogen) atoms. The summed E-state index contributed by atoms with van der Waals surface area (Å²) in [5, 5.41) is 6.34. The molecule has 0 spiro atoms. The summed E-state index contributed by atoms with van der Waals surface area (Å²) in [6, 6.07) is 8.09. The van der Waals surface area contributed by atoms with Crippen LogP contribution in [0.3, 0.4) is 0 Å². The van der Waals surface area contributed by atoms with Gasteiger partial charge in [-0.25, -0.2) is 4.79 Å². The zero-order chi connectivity index (χ0) is 19.1. The first kappa shape index (κ1) is 19.7. The van der Waals surface area contributed by atoms with Crippen molar-refractivity contribution in [2.45, 2.75) is 0 Å². The lowest BCUT2D eigenvalue weighted by atomic mass is 10.2. The number of hydrogen-bond acceptors (Lipinski definition) is 6. The highest BCUT2D eigenvalue weighted by Crippen LogP contribution is 2.27. The van der Waals surface area contributed by atoms with Gasteiger partial charge in [0.15, 0.2) is 0 Å². The van der Waals surface area contributed by atoms with E-state index in [0.717, 1.165) is 6.54 Å².